The van der Waals surface area contributed by atoms with Crippen molar-refractivity contribution in [2.24, 2.45) is 0 Å². The second-order valence-electron chi connectivity index (χ2n) is 7.52. The molecule has 8 heteroatoms. The summed E-state index contributed by atoms with van der Waals surface area (Å²) in [5, 5.41) is 0. The Hall–Kier alpha value is -2.97. The minimum Gasteiger partial charge on any atom is -0.438 e. The van der Waals surface area contributed by atoms with Gasteiger partial charge in [0, 0.05) is 12.7 Å². The third-order valence-electron chi connectivity index (χ3n) is 5.10. The summed E-state index contributed by atoms with van der Waals surface area (Å²) in [5.74, 6) is 0.529. The summed E-state index contributed by atoms with van der Waals surface area (Å²) >= 11 is 6.62. The van der Waals surface area contributed by atoms with E-state index in [4.69, 9.17) is 17.0 Å². The maximum absolute atomic E-state index is 13.3. The van der Waals surface area contributed by atoms with Gasteiger partial charge >= 0.3 is 0 Å². The van der Waals surface area contributed by atoms with Crippen molar-refractivity contribution in [3.8, 4) is 11.6 Å². The number of fused-ring (bicyclic) bond motifs is 1. The van der Waals surface area contributed by atoms with Crippen molar-refractivity contribution in [1.29, 1.82) is 0 Å². The summed E-state index contributed by atoms with van der Waals surface area (Å²) in [6.45, 7) is 4.68. The van der Waals surface area contributed by atoms with Gasteiger partial charge in [0.25, 0.3) is 11.5 Å². The van der Waals surface area contributed by atoms with Crippen LogP contribution in [-0.2, 0) is 4.79 Å². The highest BCUT2D eigenvalue weighted by molar-refractivity contribution is 8.26. The number of amides is 1. The molecule has 6 nitrogen and oxygen atoms in total. The van der Waals surface area contributed by atoms with Crippen molar-refractivity contribution in [3.05, 3.63) is 75.0 Å². The highest BCUT2D eigenvalue weighted by atomic mass is 32.2. The summed E-state index contributed by atoms with van der Waals surface area (Å²) < 4.78 is 7.94. The first-order valence-electron chi connectivity index (χ1n) is 10.5. The molecule has 0 spiro atoms. The van der Waals surface area contributed by atoms with Crippen molar-refractivity contribution in [2.75, 3.05) is 6.54 Å². The number of rotatable bonds is 7. The van der Waals surface area contributed by atoms with E-state index in [0.29, 0.717) is 27.2 Å². The summed E-state index contributed by atoms with van der Waals surface area (Å²) in [7, 11) is 0. The molecule has 1 aliphatic heterocycles. The number of ether oxygens (including phenoxy) is 1. The van der Waals surface area contributed by atoms with Gasteiger partial charge in [0.05, 0.1) is 4.91 Å². The van der Waals surface area contributed by atoms with Crippen LogP contribution in [0.2, 0.25) is 0 Å². The van der Waals surface area contributed by atoms with Gasteiger partial charge in [0.1, 0.15) is 21.3 Å². The summed E-state index contributed by atoms with van der Waals surface area (Å²) in [6.07, 6.45) is 6.17. The van der Waals surface area contributed by atoms with E-state index in [1.54, 1.807) is 35.4 Å². The normalized spacial score (nSPS) is 15.2. The lowest BCUT2D eigenvalue weighted by atomic mass is 10.2. The Balaban J connectivity index is 1.76. The van der Waals surface area contributed by atoms with Gasteiger partial charge in [-0.15, -0.1) is 0 Å². The van der Waals surface area contributed by atoms with E-state index in [-0.39, 0.29) is 22.9 Å². The number of benzene rings is 1. The third kappa shape index (κ3) is 4.61. The molecule has 0 unspecified atom stereocenters. The van der Waals surface area contributed by atoms with Crippen molar-refractivity contribution in [3.63, 3.8) is 0 Å². The molecule has 0 saturated carbocycles. The number of aromatic nitrogens is 2. The topological polar surface area (TPSA) is 63.9 Å². The van der Waals surface area contributed by atoms with Crippen LogP contribution in [-0.4, -0.2) is 31.1 Å². The van der Waals surface area contributed by atoms with Crippen molar-refractivity contribution < 1.29 is 9.53 Å². The van der Waals surface area contributed by atoms with Crippen LogP contribution < -0.4 is 10.3 Å². The Morgan fingerprint density at radius 3 is 2.66 bits per heavy atom. The number of pyridine rings is 1. The molecule has 3 aromatic rings. The lowest BCUT2D eigenvalue weighted by molar-refractivity contribution is -0.122. The number of hydrogen-bond acceptors (Lipinski definition) is 6. The average molecular weight is 466 g/mol. The number of carbonyl (C=O) groups excluding carboxylic acids is 1. The van der Waals surface area contributed by atoms with Gasteiger partial charge in [0.2, 0.25) is 5.88 Å². The fraction of sp³-hybridized carbons (Fsp3) is 0.250. The number of hydrogen-bond donors (Lipinski definition) is 0. The fourth-order valence-corrected chi connectivity index (χ4v) is 4.64. The Kier molecular flexibility index (Phi) is 6.72. The lowest BCUT2D eigenvalue weighted by Gasteiger charge is -2.13. The zero-order valence-electron chi connectivity index (χ0n) is 17.9. The van der Waals surface area contributed by atoms with Gasteiger partial charge in [-0.2, -0.15) is 4.98 Å². The fourth-order valence-electron chi connectivity index (χ4n) is 3.35. The molecule has 1 saturated heterocycles. The first-order chi connectivity index (χ1) is 15.5. The lowest BCUT2D eigenvalue weighted by Crippen LogP contribution is -2.29. The van der Waals surface area contributed by atoms with E-state index in [1.807, 2.05) is 31.2 Å². The summed E-state index contributed by atoms with van der Waals surface area (Å²) in [6, 6.07) is 12.8. The van der Waals surface area contributed by atoms with Crippen LogP contribution in [0.25, 0.3) is 11.7 Å². The van der Waals surface area contributed by atoms with Gasteiger partial charge in [0.15, 0.2) is 0 Å². The number of thiocarbonyl (C=S) groups is 1. The molecular weight excluding hydrogens is 442 g/mol. The van der Waals surface area contributed by atoms with Crippen LogP contribution >= 0.6 is 24.0 Å². The predicted molar refractivity (Wildman–Crippen MR) is 132 cm³/mol. The third-order valence-corrected chi connectivity index (χ3v) is 6.48. The molecule has 1 fully saturated rings. The second kappa shape index (κ2) is 9.67. The van der Waals surface area contributed by atoms with E-state index < -0.39 is 0 Å². The van der Waals surface area contributed by atoms with E-state index >= 15 is 0 Å². The van der Waals surface area contributed by atoms with Crippen LogP contribution in [0.15, 0.2) is 58.4 Å². The van der Waals surface area contributed by atoms with E-state index in [9.17, 15) is 9.59 Å². The molecule has 1 aliphatic rings. The minimum absolute atomic E-state index is 0.154. The second-order valence-corrected chi connectivity index (χ2v) is 9.20. The molecule has 1 amide bonds. The number of unbranched alkanes of at least 4 members (excludes halogenated alkanes) is 2. The molecular formula is C24H23N3O3S2. The van der Waals surface area contributed by atoms with Crippen LogP contribution in [0.4, 0.5) is 0 Å². The van der Waals surface area contributed by atoms with Crippen LogP contribution in [0, 0.1) is 6.92 Å². The highest BCUT2D eigenvalue weighted by Gasteiger charge is 2.32. The molecule has 0 radical (unpaired) electrons. The van der Waals surface area contributed by atoms with Crippen molar-refractivity contribution >= 4 is 45.9 Å². The molecule has 1 aromatic carbocycles. The zero-order valence-corrected chi connectivity index (χ0v) is 19.5. The highest BCUT2D eigenvalue weighted by Crippen LogP contribution is 2.34. The molecule has 32 heavy (non-hydrogen) atoms. The Morgan fingerprint density at radius 1 is 1.12 bits per heavy atom. The van der Waals surface area contributed by atoms with Gasteiger partial charge in [-0.3, -0.25) is 18.9 Å². The molecule has 0 atom stereocenters. The van der Waals surface area contributed by atoms with Crippen LogP contribution in [0.3, 0.4) is 0 Å². The molecule has 3 heterocycles. The first-order valence-corrected chi connectivity index (χ1v) is 11.7. The Morgan fingerprint density at radius 2 is 1.91 bits per heavy atom. The molecule has 0 N–H and O–H groups in total. The smallest absolute Gasteiger partial charge is 0.269 e. The number of carbonyl (C=O) groups is 1. The maximum Gasteiger partial charge on any atom is 0.269 e. The average Bonchev–Trinajstić information content (AvgIpc) is 3.05. The van der Waals surface area contributed by atoms with Gasteiger partial charge in [-0.1, -0.05) is 67.5 Å². The SMILES string of the molecule is CCCCCN1C(=O)/C(=C/c2c(Oc3ccc(C)cc3)nc3ccccn3c2=O)SC1=S. The predicted octanol–water partition coefficient (Wildman–Crippen LogP) is 5.19. The van der Waals surface area contributed by atoms with E-state index in [0.717, 1.165) is 24.8 Å². The standard InChI is InChI=1S/C24H23N3O3S2/c1-3-4-6-14-27-23(29)19(32-24(27)31)15-18-21(30-17-11-9-16(2)10-12-17)25-20-8-5-7-13-26(20)22(18)28/h5,7-13,15H,3-4,6,14H2,1-2H3/b19-15-. The molecule has 0 bridgehead atoms. The van der Waals surface area contributed by atoms with Crippen LogP contribution in [0.1, 0.15) is 37.3 Å². The van der Waals surface area contributed by atoms with E-state index in [1.165, 1.54) is 16.2 Å². The molecule has 164 valence electrons. The first kappa shape index (κ1) is 22.2. The van der Waals surface area contributed by atoms with Gasteiger partial charge in [-0.25, -0.2) is 0 Å². The number of thioether (sulfide) groups is 1. The van der Waals surface area contributed by atoms with Gasteiger partial charge in [-0.05, 0) is 43.7 Å². The van der Waals surface area contributed by atoms with Crippen molar-refractivity contribution in [2.45, 2.75) is 33.1 Å². The minimum atomic E-state index is -0.311. The van der Waals surface area contributed by atoms with Crippen molar-refractivity contribution in [1.82, 2.24) is 14.3 Å². The molecule has 2 aromatic heterocycles. The monoisotopic (exact) mass is 465 g/mol. The summed E-state index contributed by atoms with van der Waals surface area (Å²) in [4.78, 5) is 32.8. The maximum atomic E-state index is 13.3. The number of nitrogens with zero attached hydrogens (tertiary/aromatic N) is 3. The zero-order chi connectivity index (χ0) is 22.7. The quantitative estimate of drug-likeness (QED) is 0.272. The molecule has 0 aliphatic carbocycles. The Labute approximate surface area is 195 Å². The Bertz CT molecular complexity index is 1270. The van der Waals surface area contributed by atoms with E-state index in [2.05, 4.69) is 11.9 Å². The van der Waals surface area contributed by atoms with Gasteiger partial charge < -0.3 is 4.74 Å². The number of aryl methyl sites for hydroxylation is 1. The summed E-state index contributed by atoms with van der Waals surface area (Å²) in [5.41, 5.74) is 1.46. The molecule has 4 rings (SSSR count). The van der Waals surface area contributed by atoms with Crippen LogP contribution in [0.5, 0.6) is 11.6 Å². The largest absolute Gasteiger partial charge is 0.438 e.